The summed E-state index contributed by atoms with van der Waals surface area (Å²) in [4.78, 5) is 28.3. The van der Waals surface area contributed by atoms with Crippen molar-refractivity contribution in [2.75, 3.05) is 31.1 Å². The molecule has 0 radical (unpaired) electrons. The van der Waals surface area contributed by atoms with Crippen molar-refractivity contribution < 1.29 is 9.72 Å². The van der Waals surface area contributed by atoms with Crippen LogP contribution < -0.4 is 4.90 Å². The zero-order valence-corrected chi connectivity index (χ0v) is 18.1. The molecule has 3 aromatic rings. The number of nitrogens with zero attached hydrogens (tertiary/aromatic N) is 3. The lowest BCUT2D eigenvalue weighted by molar-refractivity contribution is -0.384. The molecule has 0 saturated carbocycles. The van der Waals surface area contributed by atoms with Gasteiger partial charge in [-0.1, -0.05) is 60.1 Å². The highest BCUT2D eigenvalue weighted by molar-refractivity contribution is 6.30. The van der Waals surface area contributed by atoms with E-state index >= 15 is 0 Å². The Kier molecular flexibility index (Phi) is 6.52. The van der Waals surface area contributed by atoms with Gasteiger partial charge >= 0.3 is 0 Å². The predicted molar refractivity (Wildman–Crippen MR) is 128 cm³/mol. The third-order valence-corrected chi connectivity index (χ3v) is 5.68. The van der Waals surface area contributed by atoms with Crippen LogP contribution in [0.5, 0.6) is 0 Å². The van der Waals surface area contributed by atoms with Crippen LogP contribution in [0.3, 0.4) is 0 Å². The average molecular weight is 448 g/mol. The Morgan fingerprint density at radius 3 is 2.31 bits per heavy atom. The van der Waals surface area contributed by atoms with Gasteiger partial charge in [0.05, 0.1) is 4.92 Å². The number of benzene rings is 3. The summed E-state index contributed by atoms with van der Waals surface area (Å²) in [5.74, 6) is -0.0894. The van der Waals surface area contributed by atoms with E-state index in [1.807, 2.05) is 59.5 Å². The van der Waals surface area contributed by atoms with Gasteiger partial charge in [-0.3, -0.25) is 14.9 Å². The summed E-state index contributed by atoms with van der Waals surface area (Å²) in [6, 6.07) is 23.4. The fourth-order valence-electron chi connectivity index (χ4n) is 3.79. The predicted octanol–water partition coefficient (Wildman–Crippen LogP) is 5.14. The molecule has 4 rings (SSSR count). The fraction of sp³-hybridized carbons (Fsp3) is 0.160. The molecular formula is C25H22ClN3O3. The van der Waals surface area contributed by atoms with Crippen molar-refractivity contribution in [3.63, 3.8) is 0 Å². The van der Waals surface area contributed by atoms with E-state index in [2.05, 4.69) is 4.90 Å². The molecule has 0 spiro atoms. The Labute approximate surface area is 191 Å². The maximum absolute atomic E-state index is 13.5. The van der Waals surface area contributed by atoms with E-state index < -0.39 is 4.92 Å². The number of halogens is 1. The number of carbonyl (C=O) groups is 1. The van der Waals surface area contributed by atoms with Gasteiger partial charge in [0.25, 0.3) is 11.6 Å². The van der Waals surface area contributed by atoms with Crippen molar-refractivity contribution in [3.8, 4) is 0 Å². The standard InChI is InChI=1S/C25H22ClN3O3/c26-21-9-5-10-22(18-21)27-12-14-28(15-13-27)25(30)24(20-7-2-1-3-8-20)17-19-6-4-11-23(16-19)29(31)32/h1-11,16-18H,12-15H2. The summed E-state index contributed by atoms with van der Waals surface area (Å²) < 4.78 is 0. The van der Waals surface area contributed by atoms with Gasteiger partial charge in [-0.15, -0.1) is 0 Å². The van der Waals surface area contributed by atoms with Crippen LogP contribution in [0, 0.1) is 10.1 Å². The lowest BCUT2D eigenvalue weighted by Gasteiger charge is -2.36. The highest BCUT2D eigenvalue weighted by Crippen LogP contribution is 2.25. The fourth-order valence-corrected chi connectivity index (χ4v) is 3.98. The number of carbonyl (C=O) groups excluding carboxylic acids is 1. The third kappa shape index (κ3) is 4.98. The van der Waals surface area contributed by atoms with Crippen LogP contribution in [0.4, 0.5) is 11.4 Å². The second-order valence-electron chi connectivity index (χ2n) is 7.54. The van der Waals surface area contributed by atoms with Crippen LogP contribution >= 0.6 is 11.6 Å². The van der Waals surface area contributed by atoms with E-state index in [1.54, 1.807) is 18.2 Å². The van der Waals surface area contributed by atoms with E-state index in [0.717, 1.165) is 11.3 Å². The Morgan fingerprint density at radius 1 is 0.906 bits per heavy atom. The molecule has 1 aliphatic heterocycles. The monoisotopic (exact) mass is 447 g/mol. The Balaban J connectivity index is 1.58. The van der Waals surface area contributed by atoms with E-state index in [-0.39, 0.29) is 11.6 Å². The average Bonchev–Trinajstić information content (AvgIpc) is 2.83. The summed E-state index contributed by atoms with van der Waals surface area (Å²) in [7, 11) is 0. The molecule has 32 heavy (non-hydrogen) atoms. The molecule has 1 amide bonds. The van der Waals surface area contributed by atoms with Crippen molar-refractivity contribution in [2.24, 2.45) is 0 Å². The van der Waals surface area contributed by atoms with E-state index in [0.29, 0.717) is 42.3 Å². The maximum Gasteiger partial charge on any atom is 0.270 e. The van der Waals surface area contributed by atoms with Crippen LogP contribution in [0.15, 0.2) is 78.9 Å². The van der Waals surface area contributed by atoms with E-state index in [9.17, 15) is 14.9 Å². The molecule has 1 saturated heterocycles. The molecule has 6 nitrogen and oxygen atoms in total. The Bertz CT molecular complexity index is 1160. The summed E-state index contributed by atoms with van der Waals surface area (Å²) in [6.45, 7) is 2.55. The Hall–Kier alpha value is -3.64. The third-order valence-electron chi connectivity index (χ3n) is 5.45. The highest BCUT2D eigenvalue weighted by atomic mass is 35.5. The maximum atomic E-state index is 13.5. The zero-order chi connectivity index (χ0) is 22.5. The van der Waals surface area contributed by atoms with E-state index in [4.69, 9.17) is 11.6 Å². The van der Waals surface area contributed by atoms with Gasteiger partial charge in [0.15, 0.2) is 0 Å². The summed E-state index contributed by atoms with van der Waals surface area (Å²) >= 11 is 6.12. The summed E-state index contributed by atoms with van der Waals surface area (Å²) in [6.07, 6.45) is 1.73. The first-order chi connectivity index (χ1) is 15.5. The van der Waals surface area contributed by atoms with Crippen molar-refractivity contribution in [1.29, 1.82) is 0 Å². The van der Waals surface area contributed by atoms with Gasteiger partial charge in [-0.2, -0.15) is 0 Å². The molecule has 1 fully saturated rings. The molecule has 0 bridgehead atoms. The number of anilines is 1. The first kappa shape index (κ1) is 21.6. The molecule has 0 unspecified atom stereocenters. The first-order valence-corrected chi connectivity index (χ1v) is 10.7. The number of nitro groups is 1. The van der Waals surface area contributed by atoms with Crippen LogP contribution in [0.1, 0.15) is 11.1 Å². The summed E-state index contributed by atoms with van der Waals surface area (Å²) in [5, 5.41) is 11.8. The van der Waals surface area contributed by atoms with Gasteiger partial charge in [-0.05, 0) is 35.4 Å². The lowest BCUT2D eigenvalue weighted by Crippen LogP contribution is -2.49. The minimum Gasteiger partial charge on any atom is -0.368 e. The number of piperazine rings is 1. The van der Waals surface area contributed by atoms with Crippen LogP contribution in [-0.4, -0.2) is 41.9 Å². The minimum absolute atomic E-state index is 0.00579. The number of rotatable bonds is 5. The first-order valence-electron chi connectivity index (χ1n) is 10.3. The van der Waals surface area contributed by atoms with Crippen molar-refractivity contribution in [3.05, 3.63) is 105 Å². The molecule has 7 heteroatoms. The normalized spacial score (nSPS) is 14.3. The number of hydrogen-bond acceptors (Lipinski definition) is 4. The largest absolute Gasteiger partial charge is 0.368 e. The molecule has 3 aromatic carbocycles. The second kappa shape index (κ2) is 9.66. The van der Waals surface area contributed by atoms with E-state index in [1.165, 1.54) is 12.1 Å². The molecule has 162 valence electrons. The quantitative estimate of drug-likeness (QED) is 0.235. The van der Waals surface area contributed by atoms with Crippen LogP contribution in [-0.2, 0) is 4.79 Å². The van der Waals surface area contributed by atoms with Gasteiger partial charge in [0, 0.05) is 54.6 Å². The van der Waals surface area contributed by atoms with Crippen LogP contribution in [0.25, 0.3) is 11.6 Å². The number of hydrogen-bond donors (Lipinski definition) is 0. The zero-order valence-electron chi connectivity index (χ0n) is 17.4. The number of nitro benzene ring substituents is 1. The molecule has 0 aromatic heterocycles. The van der Waals surface area contributed by atoms with Gasteiger partial charge in [-0.25, -0.2) is 0 Å². The van der Waals surface area contributed by atoms with Gasteiger partial charge in [0.1, 0.15) is 0 Å². The molecule has 0 N–H and O–H groups in total. The van der Waals surface area contributed by atoms with Gasteiger partial charge < -0.3 is 9.80 Å². The number of non-ortho nitro benzene ring substituents is 1. The second-order valence-corrected chi connectivity index (χ2v) is 7.97. The SMILES string of the molecule is O=C(C(=Cc1cccc([N+](=O)[O-])c1)c1ccccc1)N1CCN(c2cccc(Cl)c2)CC1. The van der Waals surface area contributed by atoms with Crippen molar-refractivity contribution in [2.45, 2.75) is 0 Å². The van der Waals surface area contributed by atoms with Gasteiger partial charge in [0.2, 0.25) is 0 Å². The van der Waals surface area contributed by atoms with Crippen LogP contribution in [0.2, 0.25) is 5.02 Å². The molecular weight excluding hydrogens is 426 g/mol. The molecule has 1 heterocycles. The minimum atomic E-state index is -0.434. The topological polar surface area (TPSA) is 66.7 Å². The lowest BCUT2D eigenvalue weighted by atomic mass is 10.0. The summed E-state index contributed by atoms with van der Waals surface area (Å²) in [5.41, 5.74) is 2.95. The van der Waals surface area contributed by atoms with Crippen molar-refractivity contribution in [1.82, 2.24) is 4.90 Å². The van der Waals surface area contributed by atoms with Crippen molar-refractivity contribution >= 4 is 40.5 Å². The molecule has 0 aliphatic carbocycles. The smallest absolute Gasteiger partial charge is 0.270 e. The molecule has 0 atom stereocenters. The number of amides is 1. The highest BCUT2D eigenvalue weighted by Gasteiger charge is 2.25. The molecule has 1 aliphatic rings. The Morgan fingerprint density at radius 2 is 1.62 bits per heavy atom.